The molecule has 24 heavy (non-hydrogen) atoms. The van der Waals surface area contributed by atoms with Gasteiger partial charge in [-0.25, -0.2) is 0 Å². The van der Waals surface area contributed by atoms with Crippen molar-refractivity contribution in [1.82, 2.24) is 4.57 Å². The van der Waals surface area contributed by atoms with Crippen LogP contribution < -0.4 is 9.47 Å². The fourth-order valence-corrected chi connectivity index (χ4v) is 3.76. The number of ether oxygens (including phenoxy) is 2. The zero-order valence-electron chi connectivity index (χ0n) is 13.9. The number of aromatic nitrogens is 1. The van der Waals surface area contributed by atoms with E-state index in [1.807, 2.05) is 24.5 Å². The predicted octanol–water partition coefficient (Wildman–Crippen LogP) is 3.94. The Morgan fingerprint density at radius 2 is 1.96 bits per heavy atom. The number of hydrogen-bond acceptors (Lipinski definition) is 4. The number of rotatable bonds is 2. The van der Waals surface area contributed by atoms with Gasteiger partial charge in [0.2, 0.25) is 0 Å². The van der Waals surface area contributed by atoms with Crippen molar-refractivity contribution >= 4 is 11.6 Å². The Balaban J connectivity index is 2.46. The molecule has 2 aromatic rings. The normalized spacial score (nSPS) is 15.0. The first-order chi connectivity index (χ1) is 11.5. The first-order valence-corrected chi connectivity index (χ1v) is 7.82. The summed E-state index contributed by atoms with van der Waals surface area (Å²) in [6.07, 6.45) is 0.456. The van der Waals surface area contributed by atoms with E-state index in [-0.39, 0.29) is 0 Å². The fraction of sp³-hybridized carbons (Fsp3) is 0.333. The van der Waals surface area contributed by atoms with Crippen LogP contribution in [0.4, 0.5) is 0 Å². The molecule has 0 N–H and O–H groups in total. The summed E-state index contributed by atoms with van der Waals surface area (Å²) in [6, 6.07) is 6.01. The lowest BCUT2D eigenvalue weighted by molar-refractivity contribution is 0.354. The minimum Gasteiger partial charge on any atom is -0.493 e. The molecule has 1 unspecified atom stereocenters. The fourth-order valence-electron chi connectivity index (χ4n) is 3.41. The zero-order chi connectivity index (χ0) is 17.6. The molecule has 3 rings (SSSR count). The molecule has 122 valence electrons. The molecule has 0 fully saturated rings. The van der Waals surface area contributed by atoms with Crippen molar-refractivity contribution in [2.75, 3.05) is 14.2 Å². The monoisotopic (exact) mass is 341 g/mol. The van der Waals surface area contributed by atoms with Crippen LogP contribution in [-0.2, 0) is 6.42 Å². The number of hydrogen-bond donors (Lipinski definition) is 0. The molecule has 1 aliphatic rings. The summed E-state index contributed by atoms with van der Waals surface area (Å²) in [6.45, 7) is 3.83. The van der Waals surface area contributed by atoms with Crippen molar-refractivity contribution in [1.29, 1.82) is 10.5 Å². The molecule has 0 aliphatic carbocycles. The Morgan fingerprint density at radius 1 is 1.25 bits per heavy atom. The Kier molecular flexibility index (Phi) is 3.91. The molecule has 1 aliphatic heterocycles. The molecule has 6 heteroatoms. The van der Waals surface area contributed by atoms with E-state index in [9.17, 15) is 10.5 Å². The van der Waals surface area contributed by atoms with Crippen molar-refractivity contribution in [3.63, 3.8) is 0 Å². The SMILES string of the molecule is COc1cc2c(c(Cl)c1OC)CC(C#N)n1c(C)c(C)c(C#N)c1-2. The van der Waals surface area contributed by atoms with Gasteiger partial charge < -0.3 is 14.0 Å². The van der Waals surface area contributed by atoms with E-state index in [1.165, 1.54) is 7.11 Å². The molecule has 0 saturated carbocycles. The number of fused-ring (bicyclic) bond motifs is 3. The van der Waals surface area contributed by atoms with Gasteiger partial charge in [0, 0.05) is 17.7 Å². The van der Waals surface area contributed by atoms with E-state index in [0.29, 0.717) is 28.5 Å². The predicted molar refractivity (Wildman–Crippen MR) is 90.5 cm³/mol. The molecule has 1 aromatic heterocycles. The molecule has 0 spiro atoms. The Morgan fingerprint density at radius 3 is 2.50 bits per heavy atom. The minimum absolute atomic E-state index is 0.413. The number of benzene rings is 1. The quantitative estimate of drug-likeness (QED) is 0.829. The maximum Gasteiger partial charge on any atom is 0.179 e. The van der Waals surface area contributed by atoms with Gasteiger partial charge in [-0.2, -0.15) is 10.5 Å². The van der Waals surface area contributed by atoms with Gasteiger partial charge in [0.25, 0.3) is 0 Å². The Bertz CT molecular complexity index is 932. The summed E-state index contributed by atoms with van der Waals surface area (Å²) in [7, 11) is 3.07. The number of methoxy groups -OCH3 is 2. The van der Waals surface area contributed by atoms with Crippen molar-refractivity contribution in [3.8, 4) is 34.9 Å². The largest absolute Gasteiger partial charge is 0.493 e. The third-order valence-electron chi connectivity index (χ3n) is 4.69. The minimum atomic E-state index is -0.413. The van der Waals surface area contributed by atoms with Crippen LogP contribution >= 0.6 is 11.6 Å². The highest BCUT2D eigenvalue weighted by molar-refractivity contribution is 6.33. The zero-order valence-corrected chi connectivity index (χ0v) is 14.7. The molecule has 1 aromatic carbocycles. The topological polar surface area (TPSA) is 71.0 Å². The van der Waals surface area contributed by atoms with Crippen LogP contribution in [0.15, 0.2) is 6.07 Å². The summed E-state index contributed by atoms with van der Waals surface area (Å²) in [5, 5.41) is 19.7. The summed E-state index contributed by atoms with van der Waals surface area (Å²) in [5.41, 5.74) is 4.72. The van der Waals surface area contributed by atoms with Gasteiger partial charge in [-0.1, -0.05) is 11.6 Å². The second-order valence-corrected chi connectivity index (χ2v) is 6.09. The molecule has 0 radical (unpaired) electrons. The molecule has 5 nitrogen and oxygen atoms in total. The van der Waals surface area contributed by atoms with Crippen molar-refractivity contribution in [2.45, 2.75) is 26.3 Å². The molecular weight excluding hydrogens is 326 g/mol. The summed E-state index contributed by atoms with van der Waals surface area (Å²) >= 11 is 6.54. The molecular formula is C18H16ClN3O2. The molecule has 0 saturated heterocycles. The second-order valence-electron chi connectivity index (χ2n) is 5.72. The van der Waals surface area contributed by atoms with Gasteiger partial charge in [0.05, 0.1) is 36.6 Å². The van der Waals surface area contributed by atoms with Gasteiger partial charge in [-0.3, -0.25) is 0 Å². The molecule has 0 amide bonds. The van der Waals surface area contributed by atoms with Crippen LogP contribution in [0, 0.1) is 36.5 Å². The van der Waals surface area contributed by atoms with E-state index in [4.69, 9.17) is 21.1 Å². The van der Waals surface area contributed by atoms with Crippen molar-refractivity contribution in [2.24, 2.45) is 0 Å². The van der Waals surface area contributed by atoms with Crippen LogP contribution in [-0.4, -0.2) is 18.8 Å². The third-order valence-corrected chi connectivity index (χ3v) is 5.09. The highest BCUT2D eigenvalue weighted by atomic mass is 35.5. The van der Waals surface area contributed by atoms with Gasteiger partial charge in [0.1, 0.15) is 12.1 Å². The number of nitriles is 2. The first kappa shape index (κ1) is 16.2. The smallest absolute Gasteiger partial charge is 0.179 e. The maximum absolute atomic E-state index is 9.63. The second kappa shape index (κ2) is 5.78. The van der Waals surface area contributed by atoms with E-state index in [0.717, 1.165) is 28.1 Å². The third kappa shape index (κ3) is 1.99. The van der Waals surface area contributed by atoms with Crippen LogP contribution in [0.25, 0.3) is 11.3 Å². The lowest BCUT2D eigenvalue weighted by atomic mass is 9.91. The van der Waals surface area contributed by atoms with Crippen molar-refractivity contribution < 1.29 is 9.47 Å². The Labute approximate surface area is 145 Å². The van der Waals surface area contributed by atoms with Gasteiger partial charge in [-0.05, 0) is 31.0 Å². The summed E-state index contributed by atoms with van der Waals surface area (Å²) in [5.74, 6) is 0.949. The Hall–Kier alpha value is -2.63. The van der Waals surface area contributed by atoms with E-state index in [1.54, 1.807) is 7.11 Å². The lowest BCUT2D eigenvalue weighted by Gasteiger charge is -2.27. The van der Waals surface area contributed by atoms with Crippen LogP contribution in [0.1, 0.15) is 28.4 Å². The highest BCUT2D eigenvalue weighted by Crippen LogP contribution is 2.49. The van der Waals surface area contributed by atoms with E-state index < -0.39 is 6.04 Å². The lowest BCUT2D eigenvalue weighted by Crippen LogP contribution is -2.19. The standard InChI is InChI=1S/C18H16ClN3O2/c1-9-10(2)22-11(7-20)5-12-13(17(22)14(9)8-21)6-15(23-3)18(24-4)16(12)19/h6,11H,5H2,1-4H3. The molecule has 1 atom stereocenters. The maximum atomic E-state index is 9.63. The van der Waals surface area contributed by atoms with E-state index >= 15 is 0 Å². The highest BCUT2D eigenvalue weighted by Gasteiger charge is 2.33. The van der Waals surface area contributed by atoms with Gasteiger partial charge >= 0.3 is 0 Å². The van der Waals surface area contributed by atoms with Crippen LogP contribution in [0.2, 0.25) is 5.02 Å². The average Bonchev–Trinajstić information content (AvgIpc) is 2.85. The van der Waals surface area contributed by atoms with Crippen LogP contribution in [0.5, 0.6) is 11.5 Å². The molecule has 2 heterocycles. The van der Waals surface area contributed by atoms with Crippen molar-refractivity contribution in [3.05, 3.63) is 33.5 Å². The number of nitrogens with zero attached hydrogens (tertiary/aromatic N) is 3. The molecule has 0 bridgehead atoms. The van der Waals surface area contributed by atoms with E-state index in [2.05, 4.69) is 12.1 Å². The number of halogens is 1. The first-order valence-electron chi connectivity index (χ1n) is 7.44. The summed E-state index contributed by atoms with van der Waals surface area (Å²) < 4.78 is 12.7. The van der Waals surface area contributed by atoms with Gasteiger partial charge in [-0.15, -0.1) is 0 Å². The van der Waals surface area contributed by atoms with Gasteiger partial charge in [0.15, 0.2) is 11.5 Å². The summed E-state index contributed by atoms with van der Waals surface area (Å²) in [4.78, 5) is 0. The van der Waals surface area contributed by atoms with Crippen LogP contribution in [0.3, 0.4) is 0 Å². The average molecular weight is 342 g/mol.